The highest BCUT2D eigenvalue weighted by Crippen LogP contribution is 2.24. The molecule has 0 atom stereocenters. The third-order valence-electron chi connectivity index (χ3n) is 5.10. The van der Waals surface area contributed by atoms with Crippen molar-refractivity contribution in [1.82, 2.24) is 15.6 Å². The second kappa shape index (κ2) is 13.2. The Morgan fingerprint density at radius 3 is 2.72 bits per heavy atom. The summed E-state index contributed by atoms with van der Waals surface area (Å²) in [5, 5.41) is 6.64. The van der Waals surface area contributed by atoms with Crippen LogP contribution in [0.5, 0.6) is 0 Å². The van der Waals surface area contributed by atoms with Crippen LogP contribution in [0.2, 0.25) is 0 Å². The van der Waals surface area contributed by atoms with Gasteiger partial charge in [-0.05, 0) is 49.1 Å². The molecule has 0 fully saturated rings. The van der Waals surface area contributed by atoms with E-state index in [0.717, 1.165) is 34.8 Å². The van der Waals surface area contributed by atoms with Crippen molar-refractivity contribution in [1.29, 1.82) is 0 Å². The minimum atomic E-state index is -0.180. The number of amidine groups is 1. The summed E-state index contributed by atoms with van der Waals surface area (Å²) in [5.74, 6) is 0.660. The Hall–Kier alpha value is -3.31. The fraction of sp³-hybridized carbons (Fsp3) is 0.259. The van der Waals surface area contributed by atoms with Gasteiger partial charge in [-0.25, -0.2) is 9.38 Å². The molecule has 32 heavy (non-hydrogen) atoms. The van der Waals surface area contributed by atoms with Gasteiger partial charge in [-0.2, -0.15) is 0 Å². The Morgan fingerprint density at radius 1 is 1.25 bits per heavy atom. The van der Waals surface area contributed by atoms with Gasteiger partial charge in [0.05, 0.1) is 11.4 Å². The summed E-state index contributed by atoms with van der Waals surface area (Å²) in [4.78, 5) is 9.44. The van der Waals surface area contributed by atoms with Crippen molar-refractivity contribution >= 4 is 17.6 Å². The molecule has 1 heterocycles. The quantitative estimate of drug-likeness (QED) is 0.267. The molecule has 0 spiro atoms. The summed E-state index contributed by atoms with van der Waals surface area (Å²) in [6.45, 7) is 12.7. The van der Waals surface area contributed by atoms with Gasteiger partial charge >= 0.3 is 0 Å². The van der Waals surface area contributed by atoms with Crippen molar-refractivity contribution in [2.45, 2.75) is 33.2 Å². The van der Waals surface area contributed by atoms with E-state index in [-0.39, 0.29) is 5.82 Å². The van der Waals surface area contributed by atoms with Crippen molar-refractivity contribution in [3.63, 3.8) is 0 Å². The fourth-order valence-corrected chi connectivity index (χ4v) is 3.21. The smallest absolute Gasteiger partial charge is 0.126 e. The standard InChI is InChI=1S/C27H33FN4/c1-6-9-10-21(7-2)18-30-19-25-27(23(8-3)15-16-31-25)32-26(29-5)14-12-22-11-13-24(28)20(4)17-22/h6-11,13,15-17,30H,1,3,12,14,18-19H2,2,4-5H3,(H,29,32)/b10-9-,21-7+. The number of nitrogens with zero attached hydrogens (tertiary/aromatic N) is 2. The number of pyridine rings is 1. The molecule has 1 aromatic carbocycles. The molecule has 0 saturated carbocycles. The van der Waals surface area contributed by atoms with Gasteiger partial charge in [0.25, 0.3) is 0 Å². The van der Waals surface area contributed by atoms with E-state index in [0.29, 0.717) is 25.1 Å². The molecule has 0 unspecified atom stereocenters. The number of hydrogen-bond donors (Lipinski definition) is 2. The van der Waals surface area contributed by atoms with Crippen molar-refractivity contribution in [3.8, 4) is 0 Å². The maximum Gasteiger partial charge on any atom is 0.126 e. The Kier molecular flexibility index (Phi) is 10.3. The fourth-order valence-electron chi connectivity index (χ4n) is 3.21. The number of aryl methyl sites for hydroxylation is 2. The van der Waals surface area contributed by atoms with Crippen LogP contribution in [-0.2, 0) is 13.0 Å². The number of halogens is 1. The van der Waals surface area contributed by atoms with E-state index >= 15 is 0 Å². The zero-order chi connectivity index (χ0) is 23.3. The molecule has 0 aliphatic heterocycles. The lowest BCUT2D eigenvalue weighted by Gasteiger charge is -2.12. The lowest BCUT2D eigenvalue weighted by atomic mass is 10.1. The maximum atomic E-state index is 13.5. The van der Waals surface area contributed by atoms with Gasteiger partial charge in [0.15, 0.2) is 0 Å². The minimum absolute atomic E-state index is 0.180. The summed E-state index contributed by atoms with van der Waals surface area (Å²) in [6.07, 6.45) is 12.8. The Morgan fingerprint density at radius 2 is 2.06 bits per heavy atom. The van der Waals surface area contributed by atoms with E-state index in [9.17, 15) is 4.39 Å². The van der Waals surface area contributed by atoms with Crippen LogP contribution >= 0.6 is 0 Å². The van der Waals surface area contributed by atoms with E-state index in [1.165, 1.54) is 11.6 Å². The summed E-state index contributed by atoms with van der Waals surface area (Å²) < 4.78 is 13.5. The highest BCUT2D eigenvalue weighted by atomic mass is 19.1. The molecule has 0 amide bonds. The third kappa shape index (κ3) is 7.43. The molecule has 2 aromatic rings. The summed E-state index contributed by atoms with van der Waals surface area (Å²) in [7, 11) is 1.86. The van der Waals surface area contributed by atoms with Crippen molar-refractivity contribution < 1.29 is 4.39 Å². The van der Waals surface area contributed by atoms with E-state index in [2.05, 4.69) is 34.9 Å². The predicted octanol–water partition coefficient (Wildman–Crippen LogP) is 5.83. The molecule has 0 bridgehead atoms. The Balaban J connectivity index is 2.18. The number of benzene rings is 1. The molecule has 2 N–H and O–H groups in total. The van der Waals surface area contributed by atoms with Gasteiger partial charge in [0, 0.05) is 38.3 Å². The zero-order valence-electron chi connectivity index (χ0n) is 19.3. The third-order valence-corrected chi connectivity index (χ3v) is 5.10. The van der Waals surface area contributed by atoms with Gasteiger partial charge in [0.1, 0.15) is 11.7 Å². The Bertz CT molecular complexity index is 1020. The van der Waals surface area contributed by atoms with Crippen LogP contribution in [-0.4, -0.2) is 24.4 Å². The van der Waals surface area contributed by atoms with Crippen LogP contribution in [0.4, 0.5) is 10.1 Å². The lowest BCUT2D eigenvalue weighted by molar-refractivity contribution is 0.617. The van der Waals surface area contributed by atoms with Gasteiger partial charge in [0.2, 0.25) is 0 Å². The lowest BCUT2D eigenvalue weighted by Crippen LogP contribution is -2.20. The molecule has 0 aliphatic carbocycles. The molecule has 0 aliphatic rings. The first-order valence-corrected chi connectivity index (χ1v) is 10.8. The molecule has 2 rings (SSSR count). The van der Waals surface area contributed by atoms with E-state index in [1.807, 2.05) is 44.3 Å². The van der Waals surface area contributed by atoms with Crippen LogP contribution in [0.15, 0.2) is 78.5 Å². The first-order valence-electron chi connectivity index (χ1n) is 10.8. The van der Waals surface area contributed by atoms with E-state index in [1.54, 1.807) is 25.3 Å². The number of aliphatic imine (C=N–C) groups is 1. The van der Waals surface area contributed by atoms with Crippen molar-refractivity contribution in [2.75, 3.05) is 13.6 Å². The van der Waals surface area contributed by atoms with Crippen LogP contribution in [0.25, 0.3) is 6.08 Å². The largest absolute Gasteiger partial charge is 0.377 e. The summed E-state index contributed by atoms with van der Waals surface area (Å²) >= 11 is 0. The number of aromatic nitrogens is 1. The van der Waals surface area contributed by atoms with Crippen LogP contribution in [0.1, 0.15) is 35.7 Å². The zero-order valence-corrected chi connectivity index (χ0v) is 19.3. The Labute approximate surface area is 191 Å². The molecule has 4 nitrogen and oxygen atoms in total. The molecule has 1 aromatic heterocycles. The second-order valence-electron chi connectivity index (χ2n) is 7.35. The summed E-state index contributed by atoms with van der Waals surface area (Å²) in [5.41, 5.74) is 5.49. The number of allylic oxidation sites excluding steroid dienone is 3. The number of hydrogen-bond acceptors (Lipinski definition) is 3. The molecular formula is C27H33FN4. The highest BCUT2D eigenvalue weighted by molar-refractivity contribution is 5.86. The second-order valence-corrected chi connectivity index (χ2v) is 7.35. The number of rotatable bonds is 11. The van der Waals surface area contributed by atoms with E-state index in [4.69, 9.17) is 4.99 Å². The first-order chi connectivity index (χ1) is 15.5. The molecule has 168 valence electrons. The normalized spacial score (nSPS) is 12.2. The SMILES string of the molecule is C=C/C=C\C(=C/C)CNCc1nccc(C=C)c1/N=C(/CCc1ccc(F)c(C)c1)NC. The van der Waals surface area contributed by atoms with Crippen LogP contribution < -0.4 is 10.6 Å². The monoisotopic (exact) mass is 432 g/mol. The average molecular weight is 433 g/mol. The molecule has 0 radical (unpaired) electrons. The predicted molar refractivity (Wildman–Crippen MR) is 135 cm³/mol. The first kappa shape index (κ1) is 25.0. The van der Waals surface area contributed by atoms with Crippen LogP contribution in [0.3, 0.4) is 0 Å². The van der Waals surface area contributed by atoms with E-state index < -0.39 is 0 Å². The minimum Gasteiger partial charge on any atom is -0.377 e. The summed E-state index contributed by atoms with van der Waals surface area (Å²) in [6, 6.07) is 7.14. The molecule has 0 saturated heterocycles. The van der Waals surface area contributed by atoms with Gasteiger partial charge in [-0.15, -0.1) is 0 Å². The average Bonchev–Trinajstić information content (AvgIpc) is 2.81. The topological polar surface area (TPSA) is 49.3 Å². The van der Waals surface area contributed by atoms with Gasteiger partial charge in [-0.3, -0.25) is 4.98 Å². The number of nitrogens with one attached hydrogen (secondary N) is 2. The molecule has 5 heteroatoms. The van der Waals surface area contributed by atoms with Crippen molar-refractivity contribution in [2.24, 2.45) is 4.99 Å². The van der Waals surface area contributed by atoms with Crippen LogP contribution in [0, 0.1) is 12.7 Å². The van der Waals surface area contributed by atoms with Gasteiger partial charge < -0.3 is 10.6 Å². The van der Waals surface area contributed by atoms with Gasteiger partial charge in [-0.1, -0.05) is 55.7 Å². The maximum absolute atomic E-state index is 13.5. The van der Waals surface area contributed by atoms with Crippen molar-refractivity contribution in [3.05, 3.63) is 102 Å². The highest BCUT2D eigenvalue weighted by Gasteiger charge is 2.10. The molecular weight excluding hydrogens is 399 g/mol.